The average Bonchev–Trinajstić information content (AvgIpc) is 3.15. The SMILES string of the molecule is Cn1nnc(-c2ccc(C(=O)N[C@@H]3CCOC[C@@H]3C3CCOCC3)cc2)n1. The molecule has 2 aromatic rings. The first-order valence-corrected chi connectivity index (χ1v) is 9.51. The summed E-state index contributed by atoms with van der Waals surface area (Å²) in [6, 6.07) is 7.47. The van der Waals surface area contributed by atoms with Gasteiger partial charge in [0.05, 0.1) is 13.7 Å². The van der Waals surface area contributed by atoms with E-state index in [2.05, 4.69) is 20.7 Å². The zero-order valence-electron chi connectivity index (χ0n) is 15.5. The number of hydrogen-bond donors (Lipinski definition) is 1. The fourth-order valence-corrected chi connectivity index (χ4v) is 3.97. The maximum atomic E-state index is 12.8. The lowest BCUT2D eigenvalue weighted by Gasteiger charge is -2.39. The lowest BCUT2D eigenvalue weighted by atomic mass is 9.79. The molecule has 0 spiro atoms. The van der Waals surface area contributed by atoms with Gasteiger partial charge in [0.1, 0.15) is 0 Å². The molecule has 2 aliphatic rings. The van der Waals surface area contributed by atoms with Crippen LogP contribution in [-0.2, 0) is 16.5 Å². The highest BCUT2D eigenvalue weighted by atomic mass is 16.5. The minimum absolute atomic E-state index is 0.0439. The summed E-state index contributed by atoms with van der Waals surface area (Å²) < 4.78 is 11.2. The number of nitrogens with zero attached hydrogens (tertiary/aromatic N) is 4. The Bertz CT molecular complexity index is 770. The fourth-order valence-electron chi connectivity index (χ4n) is 3.97. The molecule has 0 bridgehead atoms. The van der Waals surface area contributed by atoms with E-state index in [1.807, 2.05) is 24.3 Å². The lowest BCUT2D eigenvalue weighted by molar-refractivity contribution is -0.0259. The maximum absolute atomic E-state index is 12.8. The molecular formula is C19H25N5O3. The zero-order chi connectivity index (χ0) is 18.6. The van der Waals surface area contributed by atoms with Crippen molar-refractivity contribution in [3.05, 3.63) is 29.8 Å². The van der Waals surface area contributed by atoms with Crippen LogP contribution < -0.4 is 5.32 Å². The normalized spacial score (nSPS) is 23.9. The van der Waals surface area contributed by atoms with Gasteiger partial charge in [-0.3, -0.25) is 4.79 Å². The van der Waals surface area contributed by atoms with E-state index in [1.165, 1.54) is 4.80 Å². The summed E-state index contributed by atoms with van der Waals surface area (Å²) in [4.78, 5) is 14.2. The molecule has 1 N–H and O–H groups in total. The molecule has 0 unspecified atom stereocenters. The Morgan fingerprint density at radius 3 is 2.56 bits per heavy atom. The molecule has 0 aliphatic carbocycles. The number of benzene rings is 1. The van der Waals surface area contributed by atoms with Crippen molar-refractivity contribution in [1.82, 2.24) is 25.5 Å². The molecule has 144 valence electrons. The van der Waals surface area contributed by atoms with Crippen molar-refractivity contribution >= 4 is 5.91 Å². The highest BCUT2D eigenvalue weighted by molar-refractivity contribution is 5.94. The summed E-state index contributed by atoms with van der Waals surface area (Å²) in [6.45, 7) is 3.02. The van der Waals surface area contributed by atoms with E-state index >= 15 is 0 Å². The topological polar surface area (TPSA) is 91.2 Å². The van der Waals surface area contributed by atoms with Crippen LogP contribution >= 0.6 is 0 Å². The van der Waals surface area contributed by atoms with Gasteiger partial charge in [-0.05, 0) is 42.5 Å². The van der Waals surface area contributed by atoms with Gasteiger partial charge in [-0.15, -0.1) is 10.2 Å². The second-order valence-electron chi connectivity index (χ2n) is 7.24. The first-order chi connectivity index (χ1) is 13.2. The summed E-state index contributed by atoms with van der Waals surface area (Å²) >= 11 is 0. The molecule has 2 aliphatic heterocycles. The third-order valence-electron chi connectivity index (χ3n) is 5.50. The van der Waals surface area contributed by atoms with Gasteiger partial charge in [0.25, 0.3) is 5.91 Å². The van der Waals surface area contributed by atoms with Crippen LogP contribution in [0, 0.1) is 11.8 Å². The van der Waals surface area contributed by atoms with Crippen molar-refractivity contribution in [2.45, 2.75) is 25.3 Å². The fraction of sp³-hybridized carbons (Fsp3) is 0.579. The summed E-state index contributed by atoms with van der Waals surface area (Å²) in [5.74, 6) is 1.41. The van der Waals surface area contributed by atoms with Crippen LogP contribution in [-0.4, -0.2) is 58.6 Å². The molecule has 2 atom stereocenters. The van der Waals surface area contributed by atoms with Crippen molar-refractivity contribution < 1.29 is 14.3 Å². The van der Waals surface area contributed by atoms with Crippen LogP contribution in [0.3, 0.4) is 0 Å². The molecule has 2 saturated heterocycles. The van der Waals surface area contributed by atoms with Gasteiger partial charge in [-0.2, -0.15) is 4.80 Å². The Labute approximate surface area is 158 Å². The number of rotatable bonds is 4. The van der Waals surface area contributed by atoms with Gasteiger partial charge in [-0.25, -0.2) is 0 Å². The van der Waals surface area contributed by atoms with Crippen LogP contribution in [0.25, 0.3) is 11.4 Å². The average molecular weight is 371 g/mol. The summed E-state index contributed by atoms with van der Waals surface area (Å²) in [6.07, 6.45) is 2.94. The standard InChI is InChI=1S/C19H25N5O3/c1-24-22-18(21-23-24)14-2-4-15(5-3-14)19(25)20-17-8-11-27-12-16(17)13-6-9-26-10-7-13/h2-5,13,16-17H,6-12H2,1H3,(H,20,25)/t16-,17-/m1/s1. The molecule has 27 heavy (non-hydrogen) atoms. The van der Waals surface area contributed by atoms with Gasteiger partial charge in [0.15, 0.2) is 0 Å². The van der Waals surface area contributed by atoms with E-state index in [-0.39, 0.29) is 11.9 Å². The van der Waals surface area contributed by atoms with Crippen LogP contribution in [0.1, 0.15) is 29.6 Å². The Balaban J connectivity index is 1.42. The quantitative estimate of drug-likeness (QED) is 0.874. The molecule has 8 nitrogen and oxygen atoms in total. The number of amides is 1. The van der Waals surface area contributed by atoms with Gasteiger partial charge in [0.2, 0.25) is 5.82 Å². The summed E-state index contributed by atoms with van der Waals surface area (Å²) in [7, 11) is 1.72. The number of nitrogens with one attached hydrogen (secondary N) is 1. The molecular weight excluding hydrogens is 346 g/mol. The molecule has 3 heterocycles. The first-order valence-electron chi connectivity index (χ1n) is 9.51. The lowest BCUT2D eigenvalue weighted by Crippen LogP contribution is -2.49. The Morgan fingerprint density at radius 1 is 1.11 bits per heavy atom. The highest BCUT2D eigenvalue weighted by Crippen LogP contribution is 2.30. The first kappa shape index (κ1) is 18.1. The van der Waals surface area contributed by atoms with Crippen molar-refractivity contribution in [2.24, 2.45) is 18.9 Å². The number of carbonyl (C=O) groups is 1. The second kappa shape index (κ2) is 8.14. The number of aromatic nitrogens is 4. The van der Waals surface area contributed by atoms with Crippen molar-refractivity contribution in [3.63, 3.8) is 0 Å². The zero-order valence-corrected chi connectivity index (χ0v) is 15.5. The third kappa shape index (κ3) is 4.17. The van der Waals surface area contributed by atoms with Crippen LogP contribution in [0.4, 0.5) is 0 Å². The third-order valence-corrected chi connectivity index (χ3v) is 5.50. The maximum Gasteiger partial charge on any atom is 0.251 e. The molecule has 2 fully saturated rings. The van der Waals surface area contributed by atoms with Gasteiger partial charge < -0.3 is 14.8 Å². The minimum atomic E-state index is -0.0439. The minimum Gasteiger partial charge on any atom is -0.381 e. The van der Waals surface area contributed by atoms with Gasteiger partial charge in [-0.1, -0.05) is 12.1 Å². The van der Waals surface area contributed by atoms with Gasteiger partial charge in [0, 0.05) is 42.9 Å². The monoisotopic (exact) mass is 371 g/mol. The number of aryl methyl sites for hydroxylation is 1. The van der Waals surface area contributed by atoms with Crippen LogP contribution in [0.2, 0.25) is 0 Å². The predicted octanol–water partition coefficient (Wildman–Crippen LogP) is 1.44. The van der Waals surface area contributed by atoms with E-state index < -0.39 is 0 Å². The summed E-state index contributed by atoms with van der Waals surface area (Å²) in [5, 5.41) is 15.2. The Kier molecular flexibility index (Phi) is 5.45. The molecule has 0 saturated carbocycles. The van der Waals surface area contributed by atoms with Gasteiger partial charge >= 0.3 is 0 Å². The number of tetrazole rings is 1. The summed E-state index contributed by atoms with van der Waals surface area (Å²) in [5.41, 5.74) is 1.48. The Morgan fingerprint density at radius 2 is 1.85 bits per heavy atom. The van der Waals surface area contributed by atoms with E-state index in [9.17, 15) is 4.79 Å². The smallest absolute Gasteiger partial charge is 0.251 e. The van der Waals surface area contributed by atoms with Crippen LogP contribution in [0.5, 0.6) is 0 Å². The number of carbonyl (C=O) groups excluding carboxylic acids is 1. The molecule has 0 radical (unpaired) electrons. The van der Waals surface area contributed by atoms with Crippen molar-refractivity contribution in [2.75, 3.05) is 26.4 Å². The van der Waals surface area contributed by atoms with E-state index in [1.54, 1.807) is 7.05 Å². The van der Waals surface area contributed by atoms with Crippen molar-refractivity contribution in [1.29, 1.82) is 0 Å². The molecule has 1 aromatic carbocycles. The molecule has 4 rings (SSSR count). The van der Waals surface area contributed by atoms with Crippen LogP contribution in [0.15, 0.2) is 24.3 Å². The number of hydrogen-bond acceptors (Lipinski definition) is 6. The largest absolute Gasteiger partial charge is 0.381 e. The molecule has 8 heteroatoms. The Hall–Kier alpha value is -2.32. The van der Waals surface area contributed by atoms with E-state index in [0.29, 0.717) is 36.4 Å². The van der Waals surface area contributed by atoms with E-state index in [0.717, 1.165) is 38.0 Å². The number of ether oxygens (including phenoxy) is 2. The highest BCUT2D eigenvalue weighted by Gasteiger charge is 2.34. The molecule has 1 amide bonds. The predicted molar refractivity (Wildman–Crippen MR) is 98.0 cm³/mol. The molecule has 1 aromatic heterocycles. The van der Waals surface area contributed by atoms with Crippen molar-refractivity contribution in [3.8, 4) is 11.4 Å². The van der Waals surface area contributed by atoms with E-state index in [4.69, 9.17) is 9.47 Å². The second-order valence-corrected chi connectivity index (χ2v) is 7.24.